The number of nitrogens with one attached hydrogen (secondary N) is 2. The van der Waals surface area contributed by atoms with E-state index in [0.717, 1.165) is 28.5 Å². The molecule has 0 aliphatic heterocycles. The van der Waals surface area contributed by atoms with Crippen LogP contribution in [-0.2, 0) is 6.54 Å². The van der Waals surface area contributed by atoms with Crippen molar-refractivity contribution in [1.82, 2.24) is 10.6 Å². The minimum absolute atomic E-state index is 0. The van der Waals surface area contributed by atoms with E-state index in [1.165, 1.54) is 0 Å². The van der Waals surface area contributed by atoms with Gasteiger partial charge in [0.1, 0.15) is 24.7 Å². The highest BCUT2D eigenvalue weighted by Gasteiger charge is 1.99. The van der Waals surface area contributed by atoms with Crippen LogP contribution in [0.25, 0.3) is 0 Å². The quantitative estimate of drug-likeness (QED) is 0.266. The first kappa shape index (κ1) is 19.8. The lowest BCUT2D eigenvalue weighted by Crippen LogP contribution is -2.39. The van der Waals surface area contributed by atoms with Gasteiger partial charge in [0, 0.05) is 11.0 Å². The van der Waals surface area contributed by atoms with Crippen molar-refractivity contribution in [3.63, 3.8) is 0 Å². The summed E-state index contributed by atoms with van der Waals surface area (Å²) in [5.74, 6) is 2.42. The average Bonchev–Trinajstić information content (AvgIpc) is 3.02. The summed E-state index contributed by atoms with van der Waals surface area (Å²) >= 11 is 3.42. The fourth-order valence-electron chi connectivity index (χ4n) is 1.80. The van der Waals surface area contributed by atoms with Crippen molar-refractivity contribution < 1.29 is 9.15 Å². The molecule has 0 fully saturated rings. The lowest BCUT2D eigenvalue weighted by molar-refractivity contribution is 0.321. The second kappa shape index (κ2) is 11.3. The van der Waals surface area contributed by atoms with Crippen LogP contribution in [0.5, 0.6) is 5.75 Å². The fraction of sp³-hybridized carbons (Fsp3) is 0.312. The molecule has 0 spiro atoms. The van der Waals surface area contributed by atoms with Crippen molar-refractivity contribution >= 4 is 45.9 Å². The topological polar surface area (TPSA) is 58.8 Å². The predicted molar refractivity (Wildman–Crippen MR) is 107 cm³/mol. The van der Waals surface area contributed by atoms with E-state index in [1.54, 1.807) is 6.26 Å². The van der Waals surface area contributed by atoms with Gasteiger partial charge in [-0.3, -0.25) is 0 Å². The highest BCUT2D eigenvalue weighted by Crippen LogP contribution is 2.17. The van der Waals surface area contributed by atoms with E-state index in [-0.39, 0.29) is 24.0 Å². The number of nitrogens with zero attached hydrogens (tertiary/aromatic N) is 1. The van der Waals surface area contributed by atoms with Crippen LogP contribution in [0.4, 0.5) is 0 Å². The summed E-state index contributed by atoms with van der Waals surface area (Å²) in [6.45, 7) is 4.56. The van der Waals surface area contributed by atoms with Gasteiger partial charge < -0.3 is 19.8 Å². The first-order valence-corrected chi connectivity index (χ1v) is 8.00. The fourth-order valence-corrected chi connectivity index (χ4v) is 2.17. The number of hydrogen-bond donors (Lipinski definition) is 2. The molecule has 0 aliphatic carbocycles. The number of rotatable bonds is 7. The van der Waals surface area contributed by atoms with Crippen molar-refractivity contribution in [2.45, 2.75) is 13.5 Å². The highest BCUT2D eigenvalue weighted by molar-refractivity contribution is 14.0. The monoisotopic (exact) mass is 493 g/mol. The molecule has 0 aliphatic rings. The minimum atomic E-state index is 0. The zero-order valence-electron chi connectivity index (χ0n) is 12.9. The molecule has 0 atom stereocenters. The molecule has 2 N–H and O–H groups in total. The van der Waals surface area contributed by atoms with E-state index in [0.29, 0.717) is 19.7 Å². The van der Waals surface area contributed by atoms with Gasteiger partial charge in [0.2, 0.25) is 0 Å². The average molecular weight is 494 g/mol. The molecule has 1 aromatic carbocycles. The lowest BCUT2D eigenvalue weighted by atomic mass is 10.3. The zero-order valence-corrected chi connectivity index (χ0v) is 16.8. The van der Waals surface area contributed by atoms with Crippen LogP contribution in [0.15, 0.2) is 56.5 Å². The van der Waals surface area contributed by atoms with Gasteiger partial charge in [0.05, 0.1) is 12.8 Å². The van der Waals surface area contributed by atoms with Crippen molar-refractivity contribution in [3.05, 3.63) is 52.9 Å². The maximum Gasteiger partial charge on any atom is 0.191 e. The Balaban J connectivity index is 0.00000264. The van der Waals surface area contributed by atoms with Crippen LogP contribution < -0.4 is 15.4 Å². The maximum atomic E-state index is 5.67. The zero-order chi connectivity index (χ0) is 15.6. The summed E-state index contributed by atoms with van der Waals surface area (Å²) in [4.78, 5) is 4.45. The first-order chi connectivity index (χ1) is 10.8. The van der Waals surface area contributed by atoms with E-state index >= 15 is 0 Å². The van der Waals surface area contributed by atoms with Crippen LogP contribution >= 0.6 is 39.9 Å². The maximum absolute atomic E-state index is 5.67. The standard InChI is InChI=1S/C16H20BrN3O2.HI/c1-2-18-16(20-12-15-7-4-9-21-15)19-8-10-22-14-6-3-5-13(17)11-14;/h3-7,9,11H,2,8,10,12H2,1H3,(H2,18,19,20);1H. The van der Waals surface area contributed by atoms with E-state index in [2.05, 4.69) is 31.6 Å². The molecule has 0 amide bonds. The summed E-state index contributed by atoms with van der Waals surface area (Å²) in [7, 11) is 0. The molecule has 5 nitrogen and oxygen atoms in total. The Morgan fingerprint density at radius 2 is 2.13 bits per heavy atom. The van der Waals surface area contributed by atoms with Gasteiger partial charge in [-0.15, -0.1) is 24.0 Å². The Bertz CT molecular complexity index is 591. The molecular formula is C16H21BrIN3O2. The molecule has 126 valence electrons. The van der Waals surface area contributed by atoms with Crippen molar-refractivity contribution in [3.8, 4) is 5.75 Å². The van der Waals surface area contributed by atoms with Crippen LogP contribution in [0.1, 0.15) is 12.7 Å². The van der Waals surface area contributed by atoms with Gasteiger partial charge in [-0.1, -0.05) is 22.0 Å². The molecule has 0 saturated heterocycles. The molecule has 23 heavy (non-hydrogen) atoms. The van der Waals surface area contributed by atoms with Gasteiger partial charge in [0.15, 0.2) is 5.96 Å². The number of furan rings is 1. The Morgan fingerprint density at radius 3 is 2.83 bits per heavy atom. The third-order valence-electron chi connectivity index (χ3n) is 2.78. The second-order valence-electron chi connectivity index (χ2n) is 4.51. The summed E-state index contributed by atoms with van der Waals surface area (Å²) in [6, 6.07) is 11.6. The van der Waals surface area contributed by atoms with Gasteiger partial charge in [-0.2, -0.15) is 0 Å². The van der Waals surface area contributed by atoms with Crippen molar-refractivity contribution in [1.29, 1.82) is 0 Å². The Kier molecular flexibility index (Phi) is 9.77. The number of benzene rings is 1. The number of ether oxygens (including phenoxy) is 1. The van der Waals surface area contributed by atoms with E-state index in [4.69, 9.17) is 9.15 Å². The van der Waals surface area contributed by atoms with Crippen LogP contribution in [0.3, 0.4) is 0 Å². The van der Waals surface area contributed by atoms with E-state index in [9.17, 15) is 0 Å². The largest absolute Gasteiger partial charge is 0.492 e. The number of halogens is 2. The van der Waals surface area contributed by atoms with Gasteiger partial charge in [0.25, 0.3) is 0 Å². The van der Waals surface area contributed by atoms with Crippen molar-refractivity contribution in [2.24, 2.45) is 4.99 Å². The number of aliphatic imine (C=N–C) groups is 1. The third-order valence-corrected chi connectivity index (χ3v) is 3.27. The smallest absolute Gasteiger partial charge is 0.191 e. The summed E-state index contributed by atoms with van der Waals surface area (Å²) in [5, 5.41) is 6.42. The normalized spacial score (nSPS) is 10.8. The van der Waals surface area contributed by atoms with Crippen LogP contribution in [0.2, 0.25) is 0 Å². The summed E-state index contributed by atoms with van der Waals surface area (Å²) < 4.78 is 11.9. The lowest BCUT2D eigenvalue weighted by Gasteiger charge is -2.12. The van der Waals surface area contributed by atoms with Crippen LogP contribution in [-0.4, -0.2) is 25.7 Å². The van der Waals surface area contributed by atoms with Gasteiger partial charge in [-0.25, -0.2) is 4.99 Å². The molecule has 0 bridgehead atoms. The molecule has 1 aromatic heterocycles. The molecule has 0 radical (unpaired) electrons. The molecule has 0 unspecified atom stereocenters. The minimum Gasteiger partial charge on any atom is -0.492 e. The molecule has 7 heteroatoms. The Labute approximate surface area is 162 Å². The SMILES string of the molecule is CCNC(=NCc1ccco1)NCCOc1cccc(Br)c1.I. The molecule has 1 heterocycles. The van der Waals surface area contributed by atoms with Gasteiger partial charge >= 0.3 is 0 Å². The van der Waals surface area contributed by atoms with E-state index < -0.39 is 0 Å². The summed E-state index contributed by atoms with van der Waals surface area (Å²) in [6.07, 6.45) is 1.65. The first-order valence-electron chi connectivity index (χ1n) is 7.21. The third kappa shape index (κ3) is 7.74. The summed E-state index contributed by atoms with van der Waals surface area (Å²) in [5.41, 5.74) is 0. The number of guanidine groups is 1. The molecular weight excluding hydrogens is 473 g/mol. The molecule has 2 rings (SSSR count). The Morgan fingerprint density at radius 1 is 1.26 bits per heavy atom. The predicted octanol–water partition coefficient (Wildman–Crippen LogP) is 3.79. The second-order valence-corrected chi connectivity index (χ2v) is 5.42. The highest BCUT2D eigenvalue weighted by atomic mass is 127. The molecule has 0 saturated carbocycles. The van der Waals surface area contributed by atoms with E-state index in [1.807, 2.05) is 43.3 Å². The Hall–Kier alpha value is -1.22. The van der Waals surface area contributed by atoms with Gasteiger partial charge in [-0.05, 0) is 37.3 Å². The van der Waals surface area contributed by atoms with Crippen LogP contribution in [0, 0.1) is 0 Å². The van der Waals surface area contributed by atoms with Crippen molar-refractivity contribution in [2.75, 3.05) is 19.7 Å². The number of hydrogen-bond acceptors (Lipinski definition) is 3. The molecule has 2 aromatic rings.